The van der Waals surface area contributed by atoms with E-state index < -0.39 is 4.92 Å². The zero-order valence-corrected chi connectivity index (χ0v) is 12.2. The Kier molecular flexibility index (Phi) is 4.14. The number of nitro benzene ring substituents is 1. The van der Waals surface area contributed by atoms with Crippen molar-refractivity contribution in [1.82, 2.24) is 0 Å². The van der Waals surface area contributed by atoms with Crippen LogP contribution in [0.4, 0.5) is 11.4 Å². The summed E-state index contributed by atoms with van der Waals surface area (Å²) in [5.41, 5.74) is 1.32. The zero-order valence-electron chi connectivity index (χ0n) is 10.6. The van der Waals surface area contributed by atoms with Gasteiger partial charge in [0.1, 0.15) is 0 Å². The number of anilines is 1. The summed E-state index contributed by atoms with van der Waals surface area (Å²) in [6.45, 7) is 1.63. The van der Waals surface area contributed by atoms with Crippen molar-refractivity contribution >= 4 is 33.2 Å². The van der Waals surface area contributed by atoms with Gasteiger partial charge in [-0.2, -0.15) is 0 Å². The van der Waals surface area contributed by atoms with Crippen molar-refractivity contribution in [2.75, 3.05) is 5.32 Å². The quantitative estimate of drug-likeness (QED) is 0.683. The summed E-state index contributed by atoms with van der Waals surface area (Å²) in [7, 11) is 0. The van der Waals surface area contributed by atoms with Crippen molar-refractivity contribution < 1.29 is 9.72 Å². The fraction of sp³-hybridized carbons (Fsp3) is 0.0714. The molecule has 20 heavy (non-hydrogen) atoms. The Morgan fingerprint density at radius 2 is 1.95 bits per heavy atom. The number of carbonyl (C=O) groups is 1. The number of nitrogens with one attached hydrogen (secondary N) is 1. The number of hydrogen-bond acceptors (Lipinski definition) is 3. The van der Waals surface area contributed by atoms with Crippen LogP contribution in [0.15, 0.2) is 46.9 Å². The first-order chi connectivity index (χ1) is 9.49. The number of amides is 1. The number of rotatable bonds is 3. The van der Waals surface area contributed by atoms with E-state index in [2.05, 4.69) is 21.2 Å². The topological polar surface area (TPSA) is 72.2 Å². The summed E-state index contributed by atoms with van der Waals surface area (Å²) < 4.78 is 0.745. The molecule has 0 saturated carbocycles. The molecule has 102 valence electrons. The Hall–Kier alpha value is -2.21. The van der Waals surface area contributed by atoms with Crippen LogP contribution < -0.4 is 5.32 Å². The average molecular weight is 335 g/mol. The summed E-state index contributed by atoms with van der Waals surface area (Å²) in [4.78, 5) is 22.5. The maximum Gasteiger partial charge on any atom is 0.273 e. The van der Waals surface area contributed by atoms with Crippen LogP contribution in [0.25, 0.3) is 0 Å². The highest BCUT2D eigenvalue weighted by molar-refractivity contribution is 9.10. The predicted octanol–water partition coefficient (Wildman–Crippen LogP) is 3.92. The van der Waals surface area contributed by atoms with Gasteiger partial charge in [0.05, 0.1) is 10.6 Å². The average Bonchev–Trinajstić information content (AvgIpc) is 2.41. The van der Waals surface area contributed by atoms with Gasteiger partial charge in [0.2, 0.25) is 0 Å². The highest BCUT2D eigenvalue weighted by atomic mass is 79.9. The van der Waals surface area contributed by atoms with Crippen LogP contribution >= 0.6 is 15.9 Å². The number of nitro groups is 1. The molecule has 0 atom stereocenters. The number of hydrogen-bond donors (Lipinski definition) is 1. The number of nitrogens with zero attached hydrogens (tertiary/aromatic N) is 1. The standard InChI is InChI=1S/C14H11BrN2O3/c1-9-6-7-10(8-13(9)17(19)20)14(18)16-12-5-3-2-4-11(12)15/h2-8H,1H3,(H,16,18). The van der Waals surface area contributed by atoms with Crippen molar-refractivity contribution in [1.29, 1.82) is 0 Å². The van der Waals surface area contributed by atoms with Gasteiger partial charge in [-0.15, -0.1) is 0 Å². The minimum Gasteiger partial charge on any atom is -0.321 e. The van der Waals surface area contributed by atoms with E-state index >= 15 is 0 Å². The van der Waals surface area contributed by atoms with Crippen LogP contribution in [-0.2, 0) is 0 Å². The lowest BCUT2D eigenvalue weighted by Crippen LogP contribution is -2.12. The van der Waals surface area contributed by atoms with E-state index in [1.54, 1.807) is 37.3 Å². The van der Waals surface area contributed by atoms with E-state index in [0.717, 1.165) is 4.47 Å². The molecule has 0 saturated heterocycles. The minimum absolute atomic E-state index is 0.0650. The molecule has 2 rings (SSSR count). The summed E-state index contributed by atoms with van der Waals surface area (Å²) >= 11 is 3.32. The molecule has 1 N–H and O–H groups in total. The Morgan fingerprint density at radius 3 is 2.60 bits per heavy atom. The van der Waals surface area contributed by atoms with Crippen molar-refractivity contribution in [3.05, 3.63) is 68.2 Å². The highest BCUT2D eigenvalue weighted by Gasteiger charge is 2.15. The molecule has 0 spiro atoms. The smallest absolute Gasteiger partial charge is 0.273 e. The van der Waals surface area contributed by atoms with Crippen LogP contribution in [-0.4, -0.2) is 10.8 Å². The molecule has 0 bridgehead atoms. The van der Waals surface area contributed by atoms with Crippen molar-refractivity contribution in [3.8, 4) is 0 Å². The summed E-state index contributed by atoms with van der Waals surface area (Å²) in [5, 5.41) is 13.6. The highest BCUT2D eigenvalue weighted by Crippen LogP contribution is 2.23. The molecule has 0 unspecified atom stereocenters. The fourth-order valence-corrected chi connectivity index (χ4v) is 2.09. The van der Waals surface area contributed by atoms with E-state index in [-0.39, 0.29) is 17.2 Å². The molecule has 6 heteroatoms. The zero-order chi connectivity index (χ0) is 14.7. The van der Waals surface area contributed by atoms with E-state index in [1.807, 2.05) is 6.07 Å². The van der Waals surface area contributed by atoms with E-state index in [1.165, 1.54) is 6.07 Å². The molecule has 2 aromatic carbocycles. The Labute approximate surface area is 123 Å². The number of halogens is 1. The van der Waals surface area contributed by atoms with Crippen LogP contribution in [0, 0.1) is 17.0 Å². The molecule has 5 nitrogen and oxygen atoms in total. The molecular weight excluding hydrogens is 324 g/mol. The molecule has 0 aromatic heterocycles. The molecule has 0 aliphatic rings. The largest absolute Gasteiger partial charge is 0.321 e. The van der Waals surface area contributed by atoms with Gasteiger partial charge in [0, 0.05) is 21.7 Å². The third-order valence-corrected chi connectivity index (χ3v) is 3.48. The second-order valence-electron chi connectivity index (χ2n) is 4.19. The van der Waals surface area contributed by atoms with Crippen LogP contribution in [0.5, 0.6) is 0 Å². The van der Waals surface area contributed by atoms with Crippen molar-refractivity contribution in [2.45, 2.75) is 6.92 Å². The van der Waals surface area contributed by atoms with Gasteiger partial charge in [0.25, 0.3) is 11.6 Å². The molecule has 0 fully saturated rings. The number of para-hydroxylation sites is 1. The van der Waals surface area contributed by atoms with Gasteiger partial charge in [0.15, 0.2) is 0 Å². The van der Waals surface area contributed by atoms with Gasteiger partial charge in [-0.05, 0) is 41.1 Å². The van der Waals surface area contributed by atoms with Crippen LogP contribution in [0.3, 0.4) is 0 Å². The Balaban J connectivity index is 2.28. The molecule has 0 aliphatic carbocycles. The lowest BCUT2D eigenvalue weighted by atomic mass is 10.1. The maximum atomic E-state index is 12.1. The Bertz CT molecular complexity index is 686. The number of aryl methyl sites for hydroxylation is 1. The molecular formula is C14H11BrN2O3. The third kappa shape index (κ3) is 3.03. The normalized spacial score (nSPS) is 10.1. The van der Waals surface area contributed by atoms with Gasteiger partial charge in [-0.1, -0.05) is 18.2 Å². The Morgan fingerprint density at radius 1 is 1.25 bits per heavy atom. The fourth-order valence-electron chi connectivity index (χ4n) is 1.70. The molecule has 0 heterocycles. The van der Waals surface area contributed by atoms with E-state index in [4.69, 9.17) is 0 Å². The summed E-state index contributed by atoms with van der Waals surface area (Å²) in [6, 6.07) is 11.6. The van der Waals surface area contributed by atoms with E-state index in [9.17, 15) is 14.9 Å². The van der Waals surface area contributed by atoms with Crippen LogP contribution in [0.1, 0.15) is 15.9 Å². The summed E-state index contributed by atoms with van der Waals surface area (Å²) in [6.07, 6.45) is 0. The van der Waals surface area contributed by atoms with Crippen LogP contribution in [0.2, 0.25) is 0 Å². The number of carbonyl (C=O) groups excluding carboxylic acids is 1. The summed E-state index contributed by atoms with van der Waals surface area (Å²) in [5.74, 6) is -0.389. The van der Waals surface area contributed by atoms with Gasteiger partial charge < -0.3 is 5.32 Å². The molecule has 1 amide bonds. The lowest BCUT2D eigenvalue weighted by Gasteiger charge is -2.07. The first-order valence-electron chi connectivity index (χ1n) is 5.80. The maximum absolute atomic E-state index is 12.1. The SMILES string of the molecule is Cc1ccc(C(=O)Nc2ccccc2Br)cc1[N+](=O)[O-]. The predicted molar refractivity (Wildman–Crippen MR) is 79.9 cm³/mol. The number of benzene rings is 2. The van der Waals surface area contributed by atoms with E-state index in [0.29, 0.717) is 11.3 Å². The van der Waals surface area contributed by atoms with Crippen molar-refractivity contribution in [3.63, 3.8) is 0 Å². The second kappa shape index (κ2) is 5.83. The first-order valence-corrected chi connectivity index (χ1v) is 6.59. The van der Waals surface area contributed by atoms with Gasteiger partial charge in [-0.25, -0.2) is 0 Å². The molecule has 0 aliphatic heterocycles. The second-order valence-corrected chi connectivity index (χ2v) is 5.05. The van der Waals surface area contributed by atoms with Gasteiger partial charge in [-0.3, -0.25) is 14.9 Å². The minimum atomic E-state index is -0.495. The monoisotopic (exact) mass is 334 g/mol. The lowest BCUT2D eigenvalue weighted by molar-refractivity contribution is -0.385. The van der Waals surface area contributed by atoms with Crippen molar-refractivity contribution in [2.24, 2.45) is 0 Å². The third-order valence-electron chi connectivity index (χ3n) is 2.79. The molecule has 0 radical (unpaired) electrons. The molecule has 2 aromatic rings. The first kappa shape index (κ1) is 14.2. The van der Waals surface area contributed by atoms with Gasteiger partial charge >= 0.3 is 0 Å².